The lowest BCUT2D eigenvalue weighted by molar-refractivity contribution is -0.117. The Labute approximate surface area is 98.7 Å². The van der Waals surface area contributed by atoms with Gasteiger partial charge in [-0.2, -0.15) is 0 Å². The minimum absolute atomic E-state index is 0.0996. The van der Waals surface area contributed by atoms with Gasteiger partial charge in [-0.25, -0.2) is 0 Å². The SMILES string of the molecule is Cc1ccc(N2C(=O)CCSC2=S)cc1. The average Bonchev–Trinajstić information content (AvgIpc) is 2.20. The molecule has 78 valence electrons. The summed E-state index contributed by atoms with van der Waals surface area (Å²) in [5.41, 5.74) is 2.06. The van der Waals surface area contributed by atoms with Crippen LogP contribution in [0.4, 0.5) is 5.69 Å². The Hall–Kier alpha value is -0.870. The molecule has 1 aromatic carbocycles. The number of thiocarbonyl (C=S) groups is 1. The highest BCUT2D eigenvalue weighted by Gasteiger charge is 2.24. The molecule has 0 unspecified atom stereocenters. The van der Waals surface area contributed by atoms with Crippen molar-refractivity contribution >= 4 is 39.9 Å². The lowest BCUT2D eigenvalue weighted by Crippen LogP contribution is -2.37. The van der Waals surface area contributed by atoms with Gasteiger partial charge in [0.05, 0.1) is 5.69 Å². The van der Waals surface area contributed by atoms with Crippen LogP contribution in [0.3, 0.4) is 0 Å². The summed E-state index contributed by atoms with van der Waals surface area (Å²) in [6.45, 7) is 2.02. The standard InChI is InChI=1S/C11H11NOS2/c1-8-2-4-9(5-3-8)12-10(13)6-7-15-11(12)14/h2-5H,6-7H2,1H3. The van der Waals surface area contributed by atoms with Gasteiger partial charge < -0.3 is 0 Å². The zero-order chi connectivity index (χ0) is 10.8. The molecule has 1 aliphatic heterocycles. The second-order valence-electron chi connectivity index (χ2n) is 3.43. The largest absolute Gasteiger partial charge is 0.274 e. The second kappa shape index (κ2) is 4.33. The molecule has 15 heavy (non-hydrogen) atoms. The number of hydrogen-bond donors (Lipinski definition) is 0. The van der Waals surface area contributed by atoms with E-state index in [1.807, 2.05) is 31.2 Å². The summed E-state index contributed by atoms with van der Waals surface area (Å²) in [5, 5.41) is 0. The number of hydrogen-bond acceptors (Lipinski definition) is 3. The van der Waals surface area contributed by atoms with E-state index in [1.165, 1.54) is 5.56 Å². The first-order valence-corrected chi connectivity index (χ1v) is 6.14. The molecule has 1 aliphatic rings. The number of anilines is 1. The minimum Gasteiger partial charge on any atom is -0.274 e. The van der Waals surface area contributed by atoms with Crippen LogP contribution in [-0.4, -0.2) is 16.0 Å². The van der Waals surface area contributed by atoms with Gasteiger partial charge in [-0.05, 0) is 19.1 Å². The Morgan fingerprint density at radius 1 is 1.33 bits per heavy atom. The fraction of sp³-hybridized carbons (Fsp3) is 0.273. The number of nitrogens with zero attached hydrogens (tertiary/aromatic N) is 1. The third-order valence-electron chi connectivity index (χ3n) is 2.27. The van der Waals surface area contributed by atoms with E-state index in [1.54, 1.807) is 16.7 Å². The molecule has 1 amide bonds. The maximum atomic E-state index is 11.7. The van der Waals surface area contributed by atoms with Crippen molar-refractivity contribution in [2.75, 3.05) is 10.7 Å². The Morgan fingerprint density at radius 2 is 2.00 bits per heavy atom. The Kier molecular flexibility index (Phi) is 3.07. The number of carbonyl (C=O) groups is 1. The van der Waals surface area contributed by atoms with Gasteiger partial charge in [-0.1, -0.05) is 41.7 Å². The summed E-state index contributed by atoms with van der Waals surface area (Å²) in [4.78, 5) is 13.3. The zero-order valence-electron chi connectivity index (χ0n) is 8.40. The molecule has 2 nitrogen and oxygen atoms in total. The predicted octanol–water partition coefficient (Wildman–Crippen LogP) is 2.75. The smallest absolute Gasteiger partial charge is 0.233 e. The van der Waals surface area contributed by atoms with Gasteiger partial charge in [0.1, 0.15) is 4.32 Å². The average molecular weight is 237 g/mol. The van der Waals surface area contributed by atoms with Crippen molar-refractivity contribution in [3.63, 3.8) is 0 Å². The highest BCUT2D eigenvalue weighted by atomic mass is 32.2. The van der Waals surface area contributed by atoms with Crippen LogP contribution in [0, 0.1) is 6.92 Å². The zero-order valence-corrected chi connectivity index (χ0v) is 10.0. The highest BCUT2D eigenvalue weighted by molar-refractivity contribution is 8.23. The van der Waals surface area contributed by atoms with Crippen molar-refractivity contribution in [2.24, 2.45) is 0 Å². The molecule has 1 saturated heterocycles. The first-order chi connectivity index (χ1) is 7.18. The van der Waals surface area contributed by atoms with E-state index in [9.17, 15) is 4.79 Å². The van der Waals surface area contributed by atoms with E-state index in [-0.39, 0.29) is 5.91 Å². The quantitative estimate of drug-likeness (QED) is 0.700. The first kappa shape index (κ1) is 10.6. The van der Waals surface area contributed by atoms with Gasteiger partial charge in [0, 0.05) is 12.2 Å². The monoisotopic (exact) mass is 237 g/mol. The Balaban J connectivity index is 2.31. The molecule has 0 bridgehead atoms. The number of aryl methyl sites for hydroxylation is 1. The minimum atomic E-state index is 0.0996. The summed E-state index contributed by atoms with van der Waals surface area (Å²) >= 11 is 6.75. The lowest BCUT2D eigenvalue weighted by Gasteiger charge is -2.26. The van der Waals surface area contributed by atoms with Gasteiger partial charge in [-0.3, -0.25) is 9.69 Å². The lowest BCUT2D eigenvalue weighted by atomic mass is 10.2. The Morgan fingerprint density at radius 3 is 2.60 bits per heavy atom. The Bertz CT molecular complexity index is 384. The van der Waals surface area contributed by atoms with Crippen molar-refractivity contribution in [3.8, 4) is 0 Å². The fourth-order valence-electron chi connectivity index (χ4n) is 1.45. The van der Waals surface area contributed by atoms with Crippen LogP contribution in [0.2, 0.25) is 0 Å². The summed E-state index contributed by atoms with van der Waals surface area (Å²) < 4.78 is 0.662. The molecular weight excluding hydrogens is 226 g/mol. The maximum Gasteiger partial charge on any atom is 0.233 e. The molecule has 0 N–H and O–H groups in total. The van der Waals surface area contributed by atoms with E-state index < -0.39 is 0 Å². The van der Waals surface area contributed by atoms with Crippen LogP contribution in [0.15, 0.2) is 24.3 Å². The first-order valence-electron chi connectivity index (χ1n) is 4.75. The summed E-state index contributed by atoms with van der Waals surface area (Å²) in [5.74, 6) is 0.905. The topological polar surface area (TPSA) is 20.3 Å². The number of amides is 1. The van der Waals surface area contributed by atoms with Crippen LogP contribution in [-0.2, 0) is 4.79 Å². The number of thioether (sulfide) groups is 1. The van der Waals surface area contributed by atoms with Gasteiger partial charge in [0.25, 0.3) is 0 Å². The van der Waals surface area contributed by atoms with Crippen LogP contribution in [0.5, 0.6) is 0 Å². The third kappa shape index (κ3) is 2.21. The molecule has 0 saturated carbocycles. The van der Waals surface area contributed by atoms with Gasteiger partial charge in [-0.15, -0.1) is 0 Å². The van der Waals surface area contributed by atoms with Crippen LogP contribution < -0.4 is 4.90 Å². The van der Waals surface area contributed by atoms with Crippen molar-refractivity contribution < 1.29 is 4.79 Å². The van der Waals surface area contributed by atoms with E-state index in [0.29, 0.717) is 10.7 Å². The summed E-state index contributed by atoms with van der Waals surface area (Å²) in [6, 6.07) is 7.85. The number of benzene rings is 1. The van der Waals surface area contributed by atoms with Gasteiger partial charge >= 0.3 is 0 Å². The van der Waals surface area contributed by atoms with Crippen LogP contribution in [0.25, 0.3) is 0 Å². The molecule has 2 rings (SSSR count). The molecule has 1 heterocycles. The third-order valence-corrected chi connectivity index (χ3v) is 3.64. The van der Waals surface area contributed by atoms with E-state index in [4.69, 9.17) is 12.2 Å². The van der Waals surface area contributed by atoms with Gasteiger partial charge in [0.15, 0.2) is 0 Å². The van der Waals surface area contributed by atoms with Gasteiger partial charge in [0.2, 0.25) is 5.91 Å². The molecule has 1 aromatic rings. The molecule has 0 atom stereocenters. The van der Waals surface area contributed by atoms with E-state index >= 15 is 0 Å². The van der Waals surface area contributed by atoms with E-state index in [0.717, 1.165) is 11.4 Å². The molecule has 1 fully saturated rings. The molecule has 4 heteroatoms. The summed E-state index contributed by atoms with van der Waals surface area (Å²) in [7, 11) is 0. The normalized spacial score (nSPS) is 17.0. The second-order valence-corrected chi connectivity index (χ2v) is 5.16. The van der Waals surface area contributed by atoms with Crippen molar-refractivity contribution in [1.82, 2.24) is 0 Å². The summed E-state index contributed by atoms with van der Waals surface area (Å²) in [6.07, 6.45) is 0.568. The molecule has 0 aromatic heterocycles. The van der Waals surface area contributed by atoms with Crippen LogP contribution >= 0.6 is 24.0 Å². The molecular formula is C11H11NOS2. The van der Waals surface area contributed by atoms with E-state index in [2.05, 4.69) is 0 Å². The highest BCUT2D eigenvalue weighted by Crippen LogP contribution is 2.25. The maximum absolute atomic E-state index is 11.7. The molecule has 0 spiro atoms. The van der Waals surface area contributed by atoms with Crippen molar-refractivity contribution in [2.45, 2.75) is 13.3 Å². The van der Waals surface area contributed by atoms with Crippen molar-refractivity contribution in [3.05, 3.63) is 29.8 Å². The predicted molar refractivity (Wildman–Crippen MR) is 68.3 cm³/mol. The molecule has 0 radical (unpaired) electrons. The fourth-order valence-corrected chi connectivity index (χ4v) is 2.69. The van der Waals surface area contributed by atoms with Crippen molar-refractivity contribution in [1.29, 1.82) is 0 Å². The number of rotatable bonds is 1. The van der Waals surface area contributed by atoms with Crippen LogP contribution in [0.1, 0.15) is 12.0 Å². The molecule has 0 aliphatic carbocycles. The number of carbonyl (C=O) groups excluding carboxylic acids is 1.